The van der Waals surface area contributed by atoms with E-state index in [4.69, 9.17) is 0 Å². The fourth-order valence-electron chi connectivity index (χ4n) is 3.14. The molecule has 6 nitrogen and oxygen atoms in total. The first-order valence-electron chi connectivity index (χ1n) is 9.52. The number of pyridine rings is 1. The summed E-state index contributed by atoms with van der Waals surface area (Å²) < 4.78 is 14.1. The molecule has 1 aliphatic heterocycles. The fraction of sp³-hybridized carbons (Fsp3) is 0.381. The standard InChI is InChI=1S/C21H25FN4O2/c1-25-14-12-23-19-11-6-8-16(24-19)7-4-5-13-26(15-20(25)27)21(28)17-9-2-3-10-18(17)22/h2-3,6,8-11H,4-5,7,12-15H2,1H3,(H,23,24). The van der Waals surface area contributed by atoms with E-state index >= 15 is 0 Å². The lowest BCUT2D eigenvalue weighted by Crippen LogP contribution is -2.43. The number of carbonyl (C=O) groups excluding carboxylic acids is 2. The molecule has 0 spiro atoms. The summed E-state index contributed by atoms with van der Waals surface area (Å²) in [5.74, 6) is -0.403. The number of anilines is 1. The van der Waals surface area contributed by atoms with Gasteiger partial charge in [0.2, 0.25) is 5.91 Å². The summed E-state index contributed by atoms with van der Waals surface area (Å²) >= 11 is 0. The third-order valence-corrected chi connectivity index (χ3v) is 4.81. The van der Waals surface area contributed by atoms with E-state index in [-0.39, 0.29) is 18.0 Å². The van der Waals surface area contributed by atoms with Crippen LogP contribution in [0.5, 0.6) is 0 Å². The summed E-state index contributed by atoms with van der Waals surface area (Å²) in [5, 5.41) is 3.22. The molecule has 0 fully saturated rings. The van der Waals surface area contributed by atoms with Crippen molar-refractivity contribution in [3.8, 4) is 0 Å². The van der Waals surface area contributed by atoms with Crippen molar-refractivity contribution in [2.24, 2.45) is 0 Å². The maximum atomic E-state index is 14.1. The monoisotopic (exact) mass is 384 g/mol. The van der Waals surface area contributed by atoms with Gasteiger partial charge in [-0.05, 0) is 43.5 Å². The summed E-state index contributed by atoms with van der Waals surface area (Å²) in [5.41, 5.74) is 0.980. The van der Waals surface area contributed by atoms with E-state index in [1.807, 2.05) is 18.2 Å². The van der Waals surface area contributed by atoms with Crippen LogP contribution in [0.4, 0.5) is 10.2 Å². The molecule has 0 atom stereocenters. The average Bonchev–Trinajstić information content (AvgIpc) is 2.69. The molecule has 28 heavy (non-hydrogen) atoms. The van der Waals surface area contributed by atoms with E-state index in [0.717, 1.165) is 24.4 Å². The Bertz CT molecular complexity index is 843. The predicted molar refractivity (Wildman–Crippen MR) is 106 cm³/mol. The highest BCUT2D eigenvalue weighted by molar-refractivity contribution is 5.96. The van der Waals surface area contributed by atoms with E-state index in [1.165, 1.54) is 17.0 Å². The third kappa shape index (κ3) is 5.06. The molecular formula is C21H25FN4O2. The third-order valence-electron chi connectivity index (χ3n) is 4.81. The van der Waals surface area contributed by atoms with Crippen molar-refractivity contribution in [3.05, 3.63) is 59.5 Å². The molecule has 148 valence electrons. The zero-order valence-electron chi connectivity index (χ0n) is 16.0. The second kappa shape index (κ2) is 9.30. The molecule has 2 amide bonds. The number of halogens is 1. The van der Waals surface area contributed by atoms with Gasteiger partial charge >= 0.3 is 0 Å². The lowest BCUT2D eigenvalue weighted by molar-refractivity contribution is -0.130. The number of nitrogens with zero attached hydrogens (tertiary/aromatic N) is 3. The lowest BCUT2D eigenvalue weighted by Gasteiger charge is -2.26. The van der Waals surface area contributed by atoms with Crippen molar-refractivity contribution in [1.29, 1.82) is 0 Å². The summed E-state index contributed by atoms with van der Waals surface area (Å²) in [6.45, 7) is 1.37. The first-order valence-corrected chi connectivity index (χ1v) is 9.52. The van der Waals surface area contributed by atoms with E-state index in [2.05, 4.69) is 10.3 Å². The van der Waals surface area contributed by atoms with Gasteiger partial charge in [0.15, 0.2) is 0 Å². The van der Waals surface area contributed by atoms with Crippen LogP contribution in [-0.4, -0.2) is 59.8 Å². The quantitative estimate of drug-likeness (QED) is 0.821. The van der Waals surface area contributed by atoms with Gasteiger partial charge in [-0.25, -0.2) is 9.37 Å². The van der Waals surface area contributed by atoms with Crippen molar-refractivity contribution < 1.29 is 14.0 Å². The minimum absolute atomic E-state index is 0.00453. The summed E-state index contributed by atoms with van der Waals surface area (Å²) in [6.07, 6.45) is 2.31. The Balaban J connectivity index is 1.77. The highest BCUT2D eigenvalue weighted by Gasteiger charge is 2.22. The van der Waals surface area contributed by atoms with E-state index in [1.54, 1.807) is 24.1 Å². The zero-order chi connectivity index (χ0) is 19.9. The Morgan fingerprint density at radius 3 is 2.75 bits per heavy atom. The minimum atomic E-state index is -0.571. The van der Waals surface area contributed by atoms with E-state index in [9.17, 15) is 14.0 Å². The maximum Gasteiger partial charge on any atom is 0.257 e. The van der Waals surface area contributed by atoms with Crippen LogP contribution in [0.25, 0.3) is 0 Å². The Labute approximate surface area is 164 Å². The number of aromatic nitrogens is 1. The molecule has 0 saturated heterocycles. The largest absolute Gasteiger partial charge is 0.368 e. The van der Waals surface area contributed by atoms with Gasteiger partial charge in [0.25, 0.3) is 5.91 Å². The van der Waals surface area contributed by atoms with Crippen molar-refractivity contribution in [1.82, 2.24) is 14.8 Å². The number of hydrogen-bond donors (Lipinski definition) is 1. The molecule has 0 saturated carbocycles. The molecule has 1 aromatic carbocycles. The molecule has 0 radical (unpaired) electrons. The first-order chi connectivity index (χ1) is 13.5. The number of rotatable bonds is 1. The van der Waals surface area contributed by atoms with Crippen molar-refractivity contribution in [2.75, 3.05) is 38.5 Å². The van der Waals surface area contributed by atoms with Crippen molar-refractivity contribution >= 4 is 17.6 Å². The molecule has 3 rings (SSSR count). The highest BCUT2D eigenvalue weighted by Crippen LogP contribution is 2.13. The van der Waals surface area contributed by atoms with Crippen molar-refractivity contribution in [3.63, 3.8) is 0 Å². The Hall–Kier alpha value is -2.96. The number of fused-ring (bicyclic) bond motifs is 2. The van der Waals surface area contributed by atoms with Gasteiger partial charge in [0, 0.05) is 32.4 Å². The molecule has 7 heteroatoms. The number of likely N-dealkylation sites (N-methyl/N-ethyl adjacent to an activating group) is 1. The summed E-state index contributed by atoms with van der Waals surface area (Å²) in [6, 6.07) is 11.7. The minimum Gasteiger partial charge on any atom is -0.368 e. The van der Waals surface area contributed by atoms with Crippen LogP contribution in [0, 0.1) is 5.82 Å². The number of hydrogen-bond acceptors (Lipinski definition) is 4. The van der Waals surface area contributed by atoms with Crippen LogP contribution in [0.3, 0.4) is 0 Å². The molecule has 0 aliphatic carbocycles. The molecule has 2 heterocycles. The average molecular weight is 384 g/mol. The van der Waals surface area contributed by atoms with Gasteiger partial charge < -0.3 is 15.1 Å². The van der Waals surface area contributed by atoms with E-state index in [0.29, 0.717) is 26.1 Å². The zero-order valence-corrected chi connectivity index (χ0v) is 16.0. The van der Waals surface area contributed by atoms with E-state index < -0.39 is 11.7 Å². The second-order valence-electron chi connectivity index (χ2n) is 6.92. The normalized spacial score (nSPS) is 16.3. The number of benzene rings is 1. The smallest absolute Gasteiger partial charge is 0.257 e. The van der Waals surface area contributed by atoms with Gasteiger partial charge in [-0.2, -0.15) is 0 Å². The van der Waals surface area contributed by atoms with Crippen molar-refractivity contribution in [2.45, 2.75) is 19.3 Å². The maximum absolute atomic E-state index is 14.1. The molecule has 0 unspecified atom stereocenters. The molecule has 2 aromatic rings. The number of aryl methyl sites for hydroxylation is 1. The molecule has 1 aliphatic rings. The lowest BCUT2D eigenvalue weighted by atomic mass is 10.1. The van der Waals surface area contributed by atoms with Gasteiger partial charge in [0.05, 0.1) is 5.56 Å². The molecule has 1 aromatic heterocycles. The van der Waals surface area contributed by atoms with Gasteiger partial charge in [-0.15, -0.1) is 0 Å². The summed E-state index contributed by atoms with van der Waals surface area (Å²) in [4.78, 5) is 33.0. The molecule has 2 bridgehead atoms. The van der Waals surface area contributed by atoms with Crippen LogP contribution >= 0.6 is 0 Å². The van der Waals surface area contributed by atoms with Gasteiger partial charge in [0.1, 0.15) is 18.2 Å². The molecule has 1 N–H and O–H groups in total. The van der Waals surface area contributed by atoms with Crippen LogP contribution in [0.15, 0.2) is 42.5 Å². The topological polar surface area (TPSA) is 65.5 Å². The van der Waals surface area contributed by atoms with Crippen LogP contribution < -0.4 is 5.32 Å². The van der Waals surface area contributed by atoms with Crippen LogP contribution in [0.2, 0.25) is 0 Å². The summed E-state index contributed by atoms with van der Waals surface area (Å²) in [7, 11) is 1.70. The predicted octanol–water partition coefficient (Wildman–Crippen LogP) is 2.57. The van der Waals surface area contributed by atoms with Gasteiger partial charge in [-0.3, -0.25) is 9.59 Å². The number of nitrogens with one attached hydrogen (secondary N) is 1. The second-order valence-corrected chi connectivity index (χ2v) is 6.92. The van der Waals surface area contributed by atoms with Crippen LogP contribution in [0.1, 0.15) is 28.9 Å². The Morgan fingerprint density at radius 1 is 1.11 bits per heavy atom. The van der Waals surface area contributed by atoms with Gasteiger partial charge in [-0.1, -0.05) is 18.2 Å². The van der Waals surface area contributed by atoms with Crippen LogP contribution in [-0.2, 0) is 11.2 Å². The number of amides is 2. The fourth-order valence-corrected chi connectivity index (χ4v) is 3.14. The molecular weight excluding hydrogens is 359 g/mol. The highest BCUT2D eigenvalue weighted by atomic mass is 19.1. The Kier molecular flexibility index (Phi) is 6.57. The SMILES string of the molecule is CN1CCNc2cccc(n2)CCCCN(C(=O)c2ccccc2F)CC1=O. The first kappa shape index (κ1) is 19.8. The number of carbonyl (C=O) groups is 2. The Morgan fingerprint density at radius 2 is 1.93 bits per heavy atom.